The number of Topliss-reactive ketones (excluding diaryl/α,β-unsaturated/α-hetero) is 3. The number of carbonyl (C=O) groups excluding carboxylic acids is 5. The monoisotopic (exact) mass is 1050 g/mol. The van der Waals surface area contributed by atoms with Crippen LogP contribution in [0.2, 0.25) is 0 Å². The van der Waals surface area contributed by atoms with Gasteiger partial charge in [0.15, 0.2) is 5.78 Å². The average molecular weight is 1050 g/mol. The molecule has 15 nitrogen and oxygen atoms in total. The molecule has 1 aromatic rings. The smallest absolute Gasteiger partial charge is 0.329 e. The second-order valence-electron chi connectivity index (χ2n) is 21.7. The fourth-order valence-electron chi connectivity index (χ4n) is 11.2. The number of ketones is 3. The molecule has 2 bridgehead atoms. The molecule has 1 aromatic carbocycles. The van der Waals surface area contributed by atoms with E-state index in [1.807, 2.05) is 74.6 Å². The molecule has 5 rings (SSSR count). The van der Waals surface area contributed by atoms with Crippen molar-refractivity contribution in [3.63, 3.8) is 0 Å². The number of aliphatic hydroxyl groups is 3. The van der Waals surface area contributed by atoms with Gasteiger partial charge in [0.05, 0.1) is 31.0 Å². The number of fused-ring (bicyclic) bond motifs is 3. The van der Waals surface area contributed by atoms with Gasteiger partial charge in [-0.2, -0.15) is 0 Å². The van der Waals surface area contributed by atoms with Gasteiger partial charge < -0.3 is 48.6 Å². The maximum absolute atomic E-state index is 14.6. The fourth-order valence-corrected chi connectivity index (χ4v) is 11.2. The summed E-state index contributed by atoms with van der Waals surface area (Å²) in [7, 11) is 4.54. The number of cyclic esters (lactones) is 1. The number of hydrogen-bond acceptors (Lipinski definition) is 14. The van der Waals surface area contributed by atoms with Gasteiger partial charge in [-0.15, -0.1) is 6.58 Å². The average Bonchev–Trinajstić information content (AvgIpc) is 3.40. The van der Waals surface area contributed by atoms with E-state index in [2.05, 4.69) is 6.58 Å². The van der Waals surface area contributed by atoms with Gasteiger partial charge in [-0.25, -0.2) is 4.79 Å². The quantitative estimate of drug-likeness (QED) is 0.109. The van der Waals surface area contributed by atoms with Crippen LogP contribution in [0.5, 0.6) is 0 Å². The van der Waals surface area contributed by atoms with Gasteiger partial charge in [0.2, 0.25) is 5.79 Å². The largest absolute Gasteiger partial charge is 0.460 e. The molecule has 1 amide bonds. The lowest BCUT2D eigenvalue weighted by Gasteiger charge is -2.43. The van der Waals surface area contributed by atoms with E-state index in [9.17, 15) is 39.3 Å². The highest BCUT2D eigenvalue weighted by Gasteiger charge is 2.53. The predicted octanol–water partition coefficient (Wildman–Crippen LogP) is 8.10. The Hall–Kier alpha value is -4.45. The number of aliphatic hydroxyl groups excluding tert-OH is 2. The first-order chi connectivity index (χ1) is 35.8. The third kappa shape index (κ3) is 16.5. The molecule has 416 valence electrons. The summed E-state index contributed by atoms with van der Waals surface area (Å²) in [5, 5.41) is 34.4. The number of nitrogens with zero attached hydrogens (tertiary/aromatic N) is 1. The normalized spacial score (nSPS) is 36.9. The van der Waals surface area contributed by atoms with Crippen molar-refractivity contribution >= 4 is 29.2 Å². The van der Waals surface area contributed by atoms with Crippen molar-refractivity contribution < 1.29 is 67.7 Å². The SMILES string of the molecule is C=C[C@@H]1/C=C/C=C/C=C(\C)C(OC[C@@H](OC)c2ccccc2)C[C@@H]2CC[C@@H](C)[C@@](O)(O2)C(=O)C(=O)N2CCCCC2C(=O)O[C@H]([C@H](C)C[C@@H]2CC[C@@H](O)[C@H](OC)C2)CC(=O)[C@H](C)/C=C(\C)[C@@H](O)[C@@H](OC)C(=O)[C@H](C)C1. The Labute approximate surface area is 445 Å². The highest BCUT2D eigenvalue weighted by Crippen LogP contribution is 2.38. The highest BCUT2D eigenvalue weighted by atomic mass is 16.6. The van der Waals surface area contributed by atoms with Crippen LogP contribution in [-0.2, 0) is 52.4 Å². The Morgan fingerprint density at radius 2 is 1.61 bits per heavy atom. The summed E-state index contributed by atoms with van der Waals surface area (Å²) in [4.78, 5) is 73.0. The van der Waals surface area contributed by atoms with Crippen LogP contribution in [0.25, 0.3) is 0 Å². The second-order valence-corrected chi connectivity index (χ2v) is 21.7. The van der Waals surface area contributed by atoms with E-state index in [1.165, 1.54) is 12.0 Å². The number of amides is 1. The molecule has 4 aliphatic rings. The van der Waals surface area contributed by atoms with Gasteiger partial charge in [-0.3, -0.25) is 19.2 Å². The van der Waals surface area contributed by atoms with E-state index < -0.39 is 90.0 Å². The molecule has 0 spiro atoms. The summed E-state index contributed by atoms with van der Waals surface area (Å²) in [6, 6.07) is 8.51. The zero-order chi connectivity index (χ0) is 55.0. The van der Waals surface area contributed by atoms with Crippen LogP contribution < -0.4 is 0 Å². The fraction of sp³-hybridized carbons (Fsp3) is 0.650. The molecule has 3 aliphatic heterocycles. The van der Waals surface area contributed by atoms with E-state index in [4.69, 9.17) is 28.4 Å². The maximum atomic E-state index is 14.6. The molecule has 16 atom stereocenters. The van der Waals surface area contributed by atoms with Crippen molar-refractivity contribution in [2.24, 2.45) is 35.5 Å². The third-order valence-electron chi connectivity index (χ3n) is 16.2. The van der Waals surface area contributed by atoms with Crippen LogP contribution in [0.15, 0.2) is 90.6 Å². The van der Waals surface area contributed by atoms with Gasteiger partial charge in [0.1, 0.15) is 36.2 Å². The summed E-state index contributed by atoms with van der Waals surface area (Å²) in [5.41, 5.74) is 2.11. The molecular weight excluding hydrogens is 959 g/mol. The number of carbonyl (C=O) groups is 5. The van der Waals surface area contributed by atoms with Crippen molar-refractivity contribution in [1.29, 1.82) is 0 Å². The standard InChI is InChI=1S/C60H87NO14/c1-11-43-21-15-12-14-20-37(2)50(73-36-53(71-9)45-22-16-13-17-23-45)34-46-27-25-42(7)60(69,75-46)57(66)58(67)61-29-19-18-24-47(61)59(68)74-51(39(4)31-44-26-28-48(62)52(33-44)70-8)35-49(63)38(3)30-40(5)54(64)56(72-10)55(65)41(6)32-43/h11-17,20-23,30,38-39,41-44,46-48,50-54,56,62,64,69H,1,18-19,24-29,31-36H2,2-10H3/b14-12+,21-15+,37-20+,40-30+/t38-,39-,41-,42-,43-,44+,46+,47?,48-,50?,51+,52-,53-,54-,56-,60-/m1/s1. The molecule has 15 heteroatoms. The van der Waals surface area contributed by atoms with Crippen LogP contribution in [0.4, 0.5) is 0 Å². The summed E-state index contributed by atoms with van der Waals surface area (Å²) in [5.74, 6) is -8.61. The molecule has 75 heavy (non-hydrogen) atoms. The molecule has 3 fully saturated rings. The van der Waals surface area contributed by atoms with Crippen LogP contribution in [0.1, 0.15) is 130 Å². The van der Waals surface area contributed by atoms with Crippen molar-refractivity contribution in [3.8, 4) is 0 Å². The lowest BCUT2D eigenvalue weighted by atomic mass is 9.78. The first-order valence-corrected chi connectivity index (χ1v) is 27.2. The number of methoxy groups -OCH3 is 3. The lowest BCUT2D eigenvalue weighted by Crippen LogP contribution is -2.61. The minimum atomic E-state index is -2.50. The van der Waals surface area contributed by atoms with Crippen molar-refractivity contribution in [3.05, 3.63) is 96.2 Å². The first-order valence-electron chi connectivity index (χ1n) is 27.2. The Morgan fingerprint density at radius 1 is 0.880 bits per heavy atom. The summed E-state index contributed by atoms with van der Waals surface area (Å²) >= 11 is 0. The van der Waals surface area contributed by atoms with E-state index in [-0.39, 0.29) is 67.8 Å². The Morgan fingerprint density at radius 3 is 2.29 bits per heavy atom. The molecule has 0 aromatic heterocycles. The van der Waals surface area contributed by atoms with Gasteiger partial charge in [0, 0.05) is 58.5 Å². The lowest BCUT2D eigenvalue weighted by molar-refractivity contribution is -0.266. The molecule has 0 radical (unpaired) electrons. The summed E-state index contributed by atoms with van der Waals surface area (Å²) in [6.07, 6.45) is 11.5. The van der Waals surface area contributed by atoms with Crippen LogP contribution in [0, 0.1) is 35.5 Å². The number of rotatable bonds is 11. The van der Waals surface area contributed by atoms with Crippen molar-refractivity contribution in [1.82, 2.24) is 4.90 Å². The van der Waals surface area contributed by atoms with Crippen molar-refractivity contribution in [2.75, 3.05) is 34.5 Å². The number of esters is 1. The molecule has 3 heterocycles. The first kappa shape index (κ1) is 61.4. The Balaban J connectivity index is 1.51. The van der Waals surface area contributed by atoms with Crippen LogP contribution in [0.3, 0.4) is 0 Å². The minimum absolute atomic E-state index is 0.0618. The number of ether oxygens (including phenoxy) is 6. The van der Waals surface area contributed by atoms with E-state index in [1.54, 1.807) is 54.1 Å². The molecule has 1 saturated carbocycles. The van der Waals surface area contributed by atoms with E-state index in [0.29, 0.717) is 63.4 Å². The summed E-state index contributed by atoms with van der Waals surface area (Å²) < 4.78 is 36.3. The topological polar surface area (TPSA) is 205 Å². The Kier molecular flexibility index (Phi) is 24.0. The Bertz CT molecular complexity index is 2190. The molecule has 2 saturated heterocycles. The van der Waals surface area contributed by atoms with Crippen LogP contribution >= 0.6 is 0 Å². The van der Waals surface area contributed by atoms with Crippen LogP contribution in [-0.4, -0.2) is 138 Å². The molecule has 2 unspecified atom stereocenters. The predicted molar refractivity (Wildman–Crippen MR) is 285 cm³/mol. The third-order valence-corrected chi connectivity index (χ3v) is 16.2. The number of allylic oxidation sites excluding steroid dienone is 7. The molecule has 3 N–H and O–H groups in total. The minimum Gasteiger partial charge on any atom is -0.460 e. The molecular formula is C60H87NO14. The number of hydrogen-bond donors (Lipinski definition) is 3. The number of benzene rings is 1. The van der Waals surface area contributed by atoms with Gasteiger partial charge >= 0.3 is 5.97 Å². The summed E-state index contributed by atoms with van der Waals surface area (Å²) in [6.45, 7) is 14.8. The van der Waals surface area contributed by atoms with Gasteiger partial charge in [-0.05, 0) is 113 Å². The van der Waals surface area contributed by atoms with Gasteiger partial charge in [-0.1, -0.05) is 101 Å². The highest BCUT2D eigenvalue weighted by molar-refractivity contribution is 6.39. The second kappa shape index (κ2) is 29.3. The van der Waals surface area contributed by atoms with E-state index >= 15 is 0 Å². The maximum Gasteiger partial charge on any atom is 0.329 e. The van der Waals surface area contributed by atoms with Crippen molar-refractivity contribution in [2.45, 2.75) is 179 Å². The zero-order valence-electron chi connectivity index (χ0n) is 46.0. The van der Waals surface area contributed by atoms with Gasteiger partial charge in [0.25, 0.3) is 11.7 Å². The van der Waals surface area contributed by atoms with E-state index in [0.717, 1.165) is 11.1 Å². The molecule has 1 aliphatic carbocycles. The number of piperidine rings is 1. The zero-order valence-corrected chi connectivity index (χ0v) is 46.0.